The van der Waals surface area contributed by atoms with Gasteiger partial charge in [0.25, 0.3) is 0 Å². The van der Waals surface area contributed by atoms with Crippen molar-refractivity contribution in [3.05, 3.63) is 46.5 Å². The Labute approximate surface area is 203 Å². The van der Waals surface area contributed by atoms with E-state index in [9.17, 15) is 24.6 Å². The lowest BCUT2D eigenvalue weighted by atomic mass is 9.79. The minimum absolute atomic E-state index is 0.0311. The zero-order chi connectivity index (χ0) is 24.4. The molecular weight excluding hydrogens is 454 g/mol. The fourth-order valence-corrected chi connectivity index (χ4v) is 7.68. The van der Waals surface area contributed by atoms with Gasteiger partial charge >= 0.3 is 5.97 Å². The number of nitrogens with zero attached hydrogens (tertiary/aromatic N) is 3. The molecule has 6 atom stereocenters. The molecule has 2 amide bonds. The van der Waals surface area contributed by atoms with E-state index in [1.165, 1.54) is 16.7 Å². The van der Waals surface area contributed by atoms with E-state index in [-0.39, 0.29) is 35.5 Å². The van der Waals surface area contributed by atoms with Crippen LogP contribution in [0.25, 0.3) is 0 Å². The van der Waals surface area contributed by atoms with Gasteiger partial charge in [0, 0.05) is 29.7 Å². The van der Waals surface area contributed by atoms with E-state index in [0.717, 1.165) is 24.9 Å². The quantitative estimate of drug-likeness (QED) is 0.570. The van der Waals surface area contributed by atoms with Gasteiger partial charge in [-0.25, -0.2) is 4.79 Å². The normalized spacial score (nSPS) is 33.9. The van der Waals surface area contributed by atoms with Gasteiger partial charge in [-0.3, -0.25) is 14.5 Å². The first-order valence-corrected chi connectivity index (χ1v) is 12.9. The van der Waals surface area contributed by atoms with Gasteiger partial charge in [0.15, 0.2) is 0 Å². The molecule has 1 aromatic rings. The molecule has 8 nitrogen and oxygen atoms in total. The molecule has 9 heteroatoms. The van der Waals surface area contributed by atoms with Crippen molar-refractivity contribution in [1.82, 2.24) is 14.7 Å². The number of hydrogen-bond donors (Lipinski definition) is 2. The number of thioether (sulfide) groups is 1. The molecule has 5 rings (SSSR count). The van der Waals surface area contributed by atoms with Gasteiger partial charge in [-0.05, 0) is 32.3 Å². The number of hydrogen-bond acceptors (Lipinski definition) is 6. The molecule has 4 aliphatic rings. The van der Waals surface area contributed by atoms with Crippen LogP contribution in [0.5, 0.6) is 0 Å². The highest BCUT2D eigenvalue weighted by atomic mass is 32.2. The predicted octanol–water partition coefficient (Wildman–Crippen LogP) is 2.05. The summed E-state index contributed by atoms with van der Waals surface area (Å²) in [5, 5.41) is 19.9. The third-order valence-corrected chi connectivity index (χ3v) is 9.36. The molecule has 0 aromatic heterocycles. The van der Waals surface area contributed by atoms with E-state index in [1.807, 2.05) is 30.0 Å². The zero-order valence-electron chi connectivity index (χ0n) is 19.7. The lowest BCUT2D eigenvalue weighted by Crippen LogP contribution is -2.63. The summed E-state index contributed by atoms with van der Waals surface area (Å²) in [6.45, 7) is 6.95. The van der Waals surface area contributed by atoms with Gasteiger partial charge in [0.1, 0.15) is 11.4 Å². The highest BCUT2D eigenvalue weighted by Crippen LogP contribution is 2.51. The number of aliphatic carboxylic acids is 1. The number of carboxylic acid groups (broad SMARTS) is 1. The van der Waals surface area contributed by atoms with Crippen LogP contribution in [0.15, 0.2) is 40.9 Å². The third kappa shape index (κ3) is 3.17. The Kier molecular flexibility index (Phi) is 5.77. The van der Waals surface area contributed by atoms with E-state index >= 15 is 0 Å². The number of fused-ring (bicyclic) bond motifs is 2. The second kappa shape index (κ2) is 8.39. The summed E-state index contributed by atoms with van der Waals surface area (Å²) in [6.07, 6.45) is 1.04. The summed E-state index contributed by atoms with van der Waals surface area (Å²) in [5.41, 5.74) is 0.567. The van der Waals surface area contributed by atoms with Crippen molar-refractivity contribution in [3.8, 4) is 0 Å². The molecule has 0 bridgehead atoms. The molecule has 4 aliphatic heterocycles. The molecule has 34 heavy (non-hydrogen) atoms. The van der Waals surface area contributed by atoms with E-state index in [4.69, 9.17) is 0 Å². The largest absolute Gasteiger partial charge is 0.477 e. The smallest absolute Gasteiger partial charge is 0.353 e. The van der Waals surface area contributed by atoms with Crippen molar-refractivity contribution in [2.75, 3.05) is 18.8 Å². The molecule has 0 radical (unpaired) electrons. The molecule has 2 N–H and O–H groups in total. The van der Waals surface area contributed by atoms with Crippen molar-refractivity contribution in [3.63, 3.8) is 0 Å². The number of benzene rings is 1. The van der Waals surface area contributed by atoms with E-state index < -0.39 is 23.7 Å². The van der Waals surface area contributed by atoms with Crippen LogP contribution in [0.3, 0.4) is 0 Å². The second-order valence-corrected chi connectivity index (χ2v) is 11.0. The Morgan fingerprint density at radius 1 is 1.24 bits per heavy atom. The van der Waals surface area contributed by atoms with Crippen molar-refractivity contribution in [2.45, 2.75) is 57.5 Å². The number of rotatable bonds is 7. The summed E-state index contributed by atoms with van der Waals surface area (Å²) in [5.74, 6) is -1.54. The fraction of sp³-hybridized carbons (Fsp3) is 0.560. The van der Waals surface area contributed by atoms with E-state index in [1.54, 1.807) is 6.92 Å². The van der Waals surface area contributed by atoms with Crippen LogP contribution in [0.4, 0.5) is 0 Å². The summed E-state index contributed by atoms with van der Waals surface area (Å²) in [6, 6.07) is 9.64. The predicted molar refractivity (Wildman–Crippen MR) is 127 cm³/mol. The van der Waals surface area contributed by atoms with Crippen molar-refractivity contribution in [2.24, 2.45) is 11.8 Å². The van der Waals surface area contributed by atoms with Gasteiger partial charge in [0.05, 0.1) is 24.1 Å². The van der Waals surface area contributed by atoms with Crippen LogP contribution in [-0.4, -0.2) is 79.7 Å². The highest BCUT2D eigenvalue weighted by molar-refractivity contribution is 8.03. The maximum Gasteiger partial charge on any atom is 0.353 e. The molecule has 4 heterocycles. The van der Waals surface area contributed by atoms with Crippen LogP contribution in [0.2, 0.25) is 0 Å². The first-order chi connectivity index (χ1) is 16.2. The second-order valence-electron chi connectivity index (χ2n) is 9.85. The average Bonchev–Trinajstić information content (AvgIpc) is 3.43. The van der Waals surface area contributed by atoms with Crippen LogP contribution >= 0.6 is 11.8 Å². The van der Waals surface area contributed by atoms with E-state index in [0.29, 0.717) is 17.2 Å². The van der Waals surface area contributed by atoms with Gasteiger partial charge in [0.2, 0.25) is 11.8 Å². The topological polar surface area (TPSA) is 101 Å². The third-order valence-electron chi connectivity index (χ3n) is 8.09. The number of aliphatic hydroxyl groups is 1. The standard InChI is InChI=1S/C25H31N3O5S/c1-14-19-18(15(2)29)23(31)28(19)20(24(32)33)21(14)34-13-12-27-22(30)17-10-7-11-26(17)25(27,3)16-8-5-4-6-9-16/h4-6,8-9,14-15,17-19,29H,7,10-13H2,1-3H3,(H,32,33)/t14-,15-,17-,18-,19-,25?/m1/s1. The SMILES string of the molecule is C[C@@H](O)[C@H]1C(=O)N2C(C(=O)O)=C(SCCN3C(=O)[C@H]4CCCN4C3(C)c3ccccc3)[C@H](C)[C@H]12. The number of carboxylic acids is 1. The Hall–Kier alpha value is -2.36. The number of carbonyl (C=O) groups excluding carboxylic acids is 2. The minimum atomic E-state index is -1.12. The van der Waals surface area contributed by atoms with Gasteiger partial charge in [-0.15, -0.1) is 11.8 Å². The Morgan fingerprint density at radius 3 is 2.59 bits per heavy atom. The summed E-state index contributed by atoms with van der Waals surface area (Å²) in [7, 11) is 0. The van der Waals surface area contributed by atoms with Crippen molar-refractivity contribution >= 4 is 29.5 Å². The lowest BCUT2D eigenvalue weighted by molar-refractivity contribution is -0.163. The first-order valence-electron chi connectivity index (χ1n) is 11.9. The van der Waals surface area contributed by atoms with Crippen LogP contribution in [0, 0.1) is 11.8 Å². The summed E-state index contributed by atoms with van der Waals surface area (Å²) < 4.78 is 0. The molecular formula is C25H31N3O5S. The van der Waals surface area contributed by atoms with Crippen molar-refractivity contribution < 1.29 is 24.6 Å². The molecule has 1 unspecified atom stereocenters. The molecule has 0 spiro atoms. The highest BCUT2D eigenvalue weighted by Gasteiger charge is 2.60. The molecule has 182 valence electrons. The fourth-order valence-electron chi connectivity index (χ4n) is 6.46. The monoisotopic (exact) mass is 485 g/mol. The number of β-lactam (4-membered cyclic amide) rings is 1. The van der Waals surface area contributed by atoms with Gasteiger partial charge < -0.3 is 20.0 Å². The molecule has 0 aliphatic carbocycles. The number of aliphatic hydroxyl groups excluding tert-OH is 1. The molecule has 1 aromatic carbocycles. The number of carbonyl (C=O) groups is 3. The summed E-state index contributed by atoms with van der Waals surface area (Å²) >= 11 is 1.42. The van der Waals surface area contributed by atoms with E-state index in [2.05, 4.69) is 24.0 Å². The van der Waals surface area contributed by atoms with Gasteiger partial charge in [-0.2, -0.15) is 0 Å². The first kappa shape index (κ1) is 23.4. The molecule has 0 saturated carbocycles. The molecule has 3 saturated heterocycles. The Morgan fingerprint density at radius 2 is 1.94 bits per heavy atom. The Balaban J connectivity index is 1.37. The van der Waals surface area contributed by atoms with Gasteiger partial charge in [-0.1, -0.05) is 37.3 Å². The molecule has 3 fully saturated rings. The number of amides is 2. The maximum atomic E-state index is 13.4. The minimum Gasteiger partial charge on any atom is -0.477 e. The zero-order valence-corrected chi connectivity index (χ0v) is 20.5. The lowest BCUT2D eigenvalue weighted by Gasteiger charge is -2.46. The Bertz CT molecular complexity index is 1060. The summed E-state index contributed by atoms with van der Waals surface area (Å²) in [4.78, 5) is 44.3. The van der Waals surface area contributed by atoms with Crippen molar-refractivity contribution in [1.29, 1.82) is 0 Å². The van der Waals surface area contributed by atoms with Crippen LogP contribution in [0.1, 0.15) is 39.2 Å². The van der Waals surface area contributed by atoms with Crippen LogP contribution < -0.4 is 0 Å². The maximum absolute atomic E-state index is 13.4. The average molecular weight is 486 g/mol. The van der Waals surface area contributed by atoms with Crippen LogP contribution in [-0.2, 0) is 20.0 Å².